The van der Waals surface area contributed by atoms with E-state index in [9.17, 15) is 5.11 Å². The smallest absolute Gasteiger partial charge is 0.200 e. The number of H-pyrrole nitrogens is 1. The predicted molar refractivity (Wildman–Crippen MR) is 112 cm³/mol. The molecule has 0 unspecified atom stereocenters. The van der Waals surface area contributed by atoms with Crippen molar-refractivity contribution in [3.8, 4) is 22.8 Å². The van der Waals surface area contributed by atoms with Crippen LogP contribution in [-0.2, 0) is 6.42 Å². The molecule has 0 spiro atoms. The lowest BCUT2D eigenvalue weighted by molar-refractivity contribution is 0.464. The third-order valence-corrected chi connectivity index (χ3v) is 5.52. The molecule has 4 rings (SSSR count). The number of rotatable bonds is 3. The van der Waals surface area contributed by atoms with E-state index in [4.69, 9.17) is 12.2 Å². The zero-order chi connectivity index (χ0) is 19.1. The normalized spacial score (nSPS) is 11.2. The zero-order valence-corrected chi connectivity index (χ0v) is 16.4. The summed E-state index contributed by atoms with van der Waals surface area (Å²) in [7, 11) is 0. The molecule has 3 aromatic carbocycles. The molecule has 0 fully saturated rings. The minimum Gasteiger partial charge on any atom is -0.507 e. The minimum atomic E-state index is 0.365. The van der Waals surface area contributed by atoms with Gasteiger partial charge in [-0.05, 0) is 66.7 Å². The summed E-state index contributed by atoms with van der Waals surface area (Å²) in [6.45, 7) is 5.99. The molecule has 4 aromatic rings. The van der Waals surface area contributed by atoms with Gasteiger partial charge in [0, 0.05) is 10.9 Å². The number of fused-ring (bicyclic) bond motifs is 1. The number of aromatic amines is 1. The van der Waals surface area contributed by atoms with Gasteiger partial charge in [0.2, 0.25) is 0 Å². The van der Waals surface area contributed by atoms with Crippen molar-refractivity contribution in [2.45, 2.75) is 27.2 Å². The molecule has 5 heteroatoms. The highest BCUT2D eigenvalue weighted by Crippen LogP contribution is 2.35. The highest BCUT2D eigenvalue weighted by molar-refractivity contribution is 7.71. The summed E-state index contributed by atoms with van der Waals surface area (Å²) in [6, 6.07) is 16.4. The van der Waals surface area contributed by atoms with Gasteiger partial charge in [-0.15, -0.1) is 0 Å². The van der Waals surface area contributed by atoms with Gasteiger partial charge < -0.3 is 5.11 Å². The second-order valence-electron chi connectivity index (χ2n) is 6.72. The number of hydrogen-bond acceptors (Lipinski definition) is 3. The van der Waals surface area contributed by atoms with Gasteiger partial charge in [-0.2, -0.15) is 5.10 Å². The topological polar surface area (TPSA) is 53.8 Å². The van der Waals surface area contributed by atoms with Crippen molar-refractivity contribution in [3.63, 3.8) is 0 Å². The Hall–Kier alpha value is -2.92. The van der Waals surface area contributed by atoms with Gasteiger partial charge >= 0.3 is 0 Å². The fourth-order valence-corrected chi connectivity index (χ4v) is 3.81. The van der Waals surface area contributed by atoms with Crippen LogP contribution in [0.1, 0.15) is 23.6 Å². The van der Waals surface area contributed by atoms with Crippen LogP contribution in [0.4, 0.5) is 0 Å². The molecule has 0 atom stereocenters. The van der Waals surface area contributed by atoms with Crippen molar-refractivity contribution in [2.75, 3.05) is 0 Å². The molecular formula is C22H21N3OS. The minimum absolute atomic E-state index is 0.365. The lowest BCUT2D eigenvalue weighted by Gasteiger charge is -2.16. The molecule has 2 N–H and O–H groups in total. The average molecular weight is 375 g/mol. The summed E-state index contributed by atoms with van der Waals surface area (Å²) in [5.41, 5.74) is 4.75. The Morgan fingerprint density at radius 1 is 1.07 bits per heavy atom. The first-order valence-corrected chi connectivity index (χ1v) is 9.41. The Morgan fingerprint density at radius 2 is 1.81 bits per heavy atom. The molecule has 0 aliphatic heterocycles. The molecular weight excluding hydrogens is 354 g/mol. The Bertz CT molecular complexity index is 1210. The molecule has 4 nitrogen and oxygen atoms in total. The summed E-state index contributed by atoms with van der Waals surface area (Å²) < 4.78 is 2.53. The first-order chi connectivity index (χ1) is 13.0. The summed E-state index contributed by atoms with van der Waals surface area (Å²) in [6.07, 6.45) is 0.749. The van der Waals surface area contributed by atoms with Crippen molar-refractivity contribution in [1.29, 1.82) is 0 Å². The first-order valence-electron chi connectivity index (χ1n) is 9.01. The van der Waals surface area contributed by atoms with Crippen LogP contribution in [0.25, 0.3) is 27.8 Å². The third kappa shape index (κ3) is 2.75. The third-order valence-electron chi connectivity index (χ3n) is 5.25. The van der Waals surface area contributed by atoms with E-state index in [0.29, 0.717) is 10.5 Å². The van der Waals surface area contributed by atoms with Crippen molar-refractivity contribution in [1.82, 2.24) is 14.8 Å². The zero-order valence-electron chi connectivity index (χ0n) is 15.6. The van der Waals surface area contributed by atoms with Crippen molar-refractivity contribution in [3.05, 3.63) is 70.0 Å². The van der Waals surface area contributed by atoms with Crippen molar-refractivity contribution >= 4 is 23.0 Å². The summed E-state index contributed by atoms with van der Waals surface area (Å²) in [5.74, 6) is 1.12. The standard InChI is InChI=1S/C22H21N3OS/c1-4-15-12-18(13(2)14(3)20(15)26)21-23-24-22(27)25(21)19-11-7-9-16-8-5-6-10-17(16)19/h5-12,26H,4H2,1-3H3,(H,24,27). The Kier molecular flexibility index (Phi) is 4.32. The van der Waals surface area contributed by atoms with Crippen LogP contribution in [0.15, 0.2) is 48.5 Å². The van der Waals surface area contributed by atoms with Crippen LogP contribution in [0, 0.1) is 18.6 Å². The number of aryl methyl sites for hydroxylation is 1. The van der Waals surface area contributed by atoms with Crippen LogP contribution < -0.4 is 0 Å². The second kappa shape index (κ2) is 6.67. The molecule has 0 saturated carbocycles. The van der Waals surface area contributed by atoms with Gasteiger partial charge in [-0.25, -0.2) is 0 Å². The van der Waals surface area contributed by atoms with E-state index in [2.05, 4.69) is 34.5 Å². The van der Waals surface area contributed by atoms with Crippen LogP contribution >= 0.6 is 12.2 Å². The maximum Gasteiger partial charge on any atom is 0.200 e. The lowest BCUT2D eigenvalue weighted by atomic mass is 9.96. The number of aromatic nitrogens is 3. The number of aromatic hydroxyl groups is 1. The quantitative estimate of drug-likeness (QED) is 0.456. The van der Waals surface area contributed by atoms with Gasteiger partial charge in [0.25, 0.3) is 0 Å². The van der Waals surface area contributed by atoms with E-state index < -0.39 is 0 Å². The van der Waals surface area contributed by atoms with Gasteiger partial charge in [0.1, 0.15) is 5.75 Å². The monoisotopic (exact) mass is 375 g/mol. The molecule has 0 aliphatic carbocycles. The van der Waals surface area contributed by atoms with E-state index in [1.807, 2.05) is 49.6 Å². The van der Waals surface area contributed by atoms with Crippen LogP contribution in [-0.4, -0.2) is 19.9 Å². The van der Waals surface area contributed by atoms with E-state index in [1.165, 1.54) is 0 Å². The van der Waals surface area contributed by atoms with E-state index in [1.54, 1.807) is 0 Å². The Balaban J connectivity index is 2.05. The lowest BCUT2D eigenvalue weighted by Crippen LogP contribution is -2.02. The largest absolute Gasteiger partial charge is 0.507 e. The molecule has 0 aliphatic rings. The summed E-state index contributed by atoms with van der Waals surface area (Å²) in [5, 5.41) is 20.2. The molecule has 0 bridgehead atoms. The molecule has 1 heterocycles. The SMILES string of the molecule is CCc1cc(-c2n[nH]c(=S)n2-c2cccc3ccccc23)c(C)c(C)c1O. The molecule has 0 saturated heterocycles. The number of nitrogens with zero attached hydrogens (tertiary/aromatic N) is 2. The van der Waals surface area contributed by atoms with Crippen molar-refractivity contribution < 1.29 is 5.11 Å². The van der Waals surface area contributed by atoms with Crippen LogP contribution in [0.2, 0.25) is 0 Å². The fraction of sp³-hybridized carbons (Fsp3) is 0.182. The number of hydrogen-bond donors (Lipinski definition) is 2. The van der Waals surface area contributed by atoms with Crippen LogP contribution in [0.3, 0.4) is 0 Å². The predicted octanol–water partition coefficient (Wildman–Crippen LogP) is 5.63. The number of benzene rings is 3. The summed E-state index contributed by atoms with van der Waals surface area (Å²) >= 11 is 5.58. The summed E-state index contributed by atoms with van der Waals surface area (Å²) in [4.78, 5) is 0. The fourth-order valence-electron chi connectivity index (χ4n) is 3.58. The Morgan fingerprint density at radius 3 is 2.59 bits per heavy atom. The van der Waals surface area contributed by atoms with E-state index in [0.717, 1.165) is 51.0 Å². The van der Waals surface area contributed by atoms with Gasteiger partial charge in [-0.1, -0.05) is 43.3 Å². The maximum absolute atomic E-state index is 10.4. The molecule has 1 aromatic heterocycles. The molecule has 0 amide bonds. The van der Waals surface area contributed by atoms with Crippen molar-refractivity contribution in [2.24, 2.45) is 0 Å². The second-order valence-corrected chi connectivity index (χ2v) is 7.11. The average Bonchev–Trinajstić information content (AvgIpc) is 3.07. The van der Waals surface area contributed by atoms with E-state index in [-0.39, 0.29) is 0 Å². The highest BCUT2D eigenvalue weighted by Gasteiger charge is 2.18. The van der Waals surface area contributed by atoms with Gasteiger partial charge in [0.05, 0.1) is 5.69 Å². The highest BCUT2D eigenvalue weighted by atomic mass is 32.1. The maximum atomic E-state index is 10.4. The molecule has 0 radical (unpaired) electrons. The molecule has 136 valence electrons. The van der Waals surface area contributed by atoms with Gasteiger partial charge in [0.15, 0.2) is 10.6 Å². The number of phenols is 1. The van der Waals surface area contributed by atoms with E-state index >= 15 is 0 Å². The van der Waals surface area contributed by atoms with Crippen LogP contribution in [0.5, 0.6) is 5.75 Å². The molecule has 27 heavy (non-hydrogen) atoms. The number of nitrogens with one attached hydrogen (secondary N) is 1. The van der Waals surface area contributed by atoms with Gasteiger partial charge in [-0.3, -0.25) is 9.67 Å². The number of phenolic OH excluding ortho intramolecular Hbond substituents is 1. The Labute approximate surface area is 163 Å². The first kappa shape index (κ1) is 17.5.